The maximum Gasteiger partial charge on any atom is 0.255 e. The van der Waals surface area contributed by atoms with Gasteiger partial charge in [-0.2, -0.15) is 0 Å². The highest BCUT2D eigenvalue weighted by Crippen LogP contribution is 2.27. The summed E-state index contributed by atoms with van der Waals surface area (Å²) in [5.41, 5.74) is 2.53. The van der Waals surface area contributed by atoms with Crippen molar-refractivity contribution in [1.29, 1.82) is 0 Å². The zero-order valence-electron chi connectivity index (χ0n) is 17.8. The first-order valence-corrected chi connectivity index (χ1v) is 11.2. The van der Waals surface area contributed by atoms with Gasteiger partial charge in [0.05, 0.1) is 5.56 Å². The van der Waals surface area contributed by atoms with Crippen molar-refractivity contribution < 1.29 is 9.21 Å². The first kappa shape index (κ1) is 20.5. The lowest BCUT2D eigenvalue weighted by atomic mass is 10.1. The van der Waals surface area contributed by atoms with Gasteiger partial charge in [0.2, 0.25) is 0 Å². The molecule has 30 heavy (non-hydrogen) atoms. The van der Waals surface area contributed by atoms with E-state index in [9.17, 15) is 4.79 Å². The Morgan fingerprint density at radius 1 is 1.13 bits per heavy atom. The number of amides is 1. The normalized spacial score (nSPS) is 14.6. The monoisotopic (exact) mass is 405 g/mol. The molecule has 1 aliphatic heterocycles. The van der Waals surface area contributed by atoms with E-state index in [1.54, 1.807) is 0 Å². The summed E-state index contributed by atoms with van der Waals surface area (Å²) >= 11 is 0. The Hall–Kier alpha value is -2.82. The minimum absolute atomic E-state index is 0.0702. The van der Waals surface area contributed by atoms with Gasteiger partial charge in [-0.1, -0.05) is 44.4 Å². The van der Waals surface area contributed by atoms with Crippen LogP contribution in [0.2, 0.25) is 0 Å². The number of para-hydroxylation sites is 1. The van der Waals surface area contributed by atoms with Gasteiger partial charge in [-0.05, 0) is 43.0 Å². The molecular formula is C25H31N3O2. The van der Waals surface area contributed by atoms with Gasteiger partial charge in [0.15, 0.2) is 0 Å². The van der Waals surface area contributed by atoms with E-state index in [2.05, 4.69) is 28.2 Å². The van der Waals surface area contributed by atoms with Gasteiger partial charge in [-0.3, -0.25) is 4.79 Å². The highest BCUT2D eigenvalue weighted by Gasteiger charge is 2.20. The Morgan fingerprint density at radius 2 is 1.93 bits per heavy atom. The fourth-order valence-electron chi connectivity index (χ4n) is 4.17. The molecule has 5 heteroatoms. The van der Waals surface area contributed by atoms with Crippen LogP contribution in [0.15, 0.2) is 47.0 Å². The van der Waals surface area contributed by atoms with Crippen molar-refractivity contribution in [2.24, 2.45) is 0 Å². The van der Waals surface area contributed by atoms with E-state index < -0.39 is 0 Å². The highest BCUT2D eigenvalue weighted by atomic mass is 16.3. The second-order valence-corrected chi connectivity index (χ2v) is 8.11. The van der Waals surface area contributed by atoms with E-state index in [-0.39, 0.29) is 5.91 Å². The average Bonchev–Trinajstić information content (AvgIpc) is 2.94. The van der Waals surface area contributed by atoms with Gasteiger partial charge in [0.25, 0.3) is 5.91 Å². The smallest absolute Gasteiger partial charge is 0.255 e. The van der Waals surface area contributed by atoms with Crippen LogP contribution < -0.4 is 10.2 Å². The summed E-state index contributed by atoms with van der Waals surface area (Å²) in [7, 11) is 0. The molecule has 0 saturated carbocycles. The van der Waals surface area contributed by atoms with Crippen LogP contribution in [0.4, 0.5) is 5.82 Å². The Bertz CT molecular complexity index is 987. The summed E-state index contributed by atoms with van der Waals surface area (Å²) < 4.78 is 6.01. The van der Waals surface area contributed by atoms with Crippen molar-refractivity contribution >= 4 is 22.7 Å². The van der Waals surface area contributed by atoms with Crippen molar-refractivity contribution in [3.05, 3.63) is 59.5 Å². The van der Waals surface area contributed by atoms with E-state index in [4.69, 9.17) is 4.42 Å². The lowest BCUT2D eigenvalue weighted by Crippen LogP contribution is -2.26. The molecule has 1 amide bonds. The molecule has 0 radical (unpaired) electrons. The van der Waals surface area contributed by atoms with Gasteiger partial charge in [0, 0.05) is 37.6 Å². The van der Waals surface area contributed by atoms with Gasteiger partial charge < -0.3 is 14.6 Å². The Labute approximate surface area is 178 Å². The number of carbonyl (C=O) groups excluding carboxylic acids is 1. The van der Waals surface area contributed by atoms with Gasteiger partial charge >= 0.3 is 0 Å². The topological polar surface area (TPSA) is 58.4 Å². The zero-order chi connectivity index (χ0) is 20.8. The number of furan rings is 1. The predicted octanol–water partition coefficient (Wildman–Crippen LogP) is 5.48. The number of rotatable bonds is 7. The van der Waals surface area contributed by atoms with Crippen LogP contribution in [0.5, 0.6) is 0 Å². The molecule has 1 aliphatic rings. The van der Waals surface area contributed by atoms with Crippen LogP contribution in [0.25, 0.3) is 11.0 Å². The van der Waals surface area contributed by atoms with Crippen molar-refractivity contribution in [3.63, 3.8) is 0 Å². The molecule has 3 aromatic rings. The molecule has 1 fully saturated rings. The third kappa shape index (κ3) is 4.66. The van der Waals surface area contributed by atoms with Crippen molar-refractivity contribution in [3.8, 4) is 0 Å². The summed E-state index contributed by atoms with van der Waals surface area (Å²) in [5.74, 6) is 1.73. The largest absolute Gasteiger partial charge is 0.460 e. The number of aryl methyl sites for hydroxylation is 1. The second-order valence-electron chi connectivity index (χ2n) is 8.11. The van der Waals surface area contributed by atoms with Crippen LogP contribution in [0.3, 0.4) is 0 Å². The third-order valence-electron chi connectivity index (χ3n) is 5.85. The highest BCUT2D eigenvalue weighted by molar-refractivity contribution is 6.07. The van der Waals surface area contributed by atoms with Gasteiger partial charge in [0.1, 0.15) is 17.2 Å². The number of fused-ring (bicyclic) bond motifs is 1. The standard InChI is InChI=1S/C25H31N3O2/c1-2-3-11-22-24(20-10-6-7-12-21(20)30-22)25(29)27-18-19-13-14-26-23(17-19)28-15-8-4-5-9-16-28/h6-7,10,12-14,17H,2-5,8-9,11,15-16,18H2,1H3,(H,27,29). The van der Waals surface area contributed by atoms with Crippen molar-refractivity contribution in [1.82, 2.24) is 10.3 Å². The lowest BCUT2D eigenvalue weighted by molar-refractivity contribution is 0.0950. The molecule has 1 aromatic carbocycles. The number of anilines is 1. The Kier molecular flexibility index (Phi) is 6.67. The van der Waals surface area contributed by atoms with Crippen molar-refractivity contribution in [2.45, 2.75) is 58.4 Å². The summed E-state index contributed by atoms with van der Waals surface area (Å²) in [6, 6.07) is 11.9. The van der Waals surface area contributed by atoms with E-state index in [1.807, 2.05) is 36.5 Å². The molecule has 0 unspecified atom stereocenters. The number of nitrogens with zero attached hydrogens (tertiary/aromatic N) is 2. The number of benzene rings is 1. The predicted molar refractivity (Wildman–Crippen MR) is 121 cm³/mol. The van der Waals surface area contributed by atoms with Crippen LogP contribution in [-0.4, -0.2) is 24.0 Å². The summed E-state index contributed by atoms with van der Waals surface area (Å²) in [6.07, 6.45) is 9.73. The van der Waals surface area contributed by atoms with Crippen molar-refractivity contribution in [2.75, 3.05) is 18.0 Å². The van der Waals surface area contributed by atoms with E-state index in [0.29, 0.717) is 12.1 Å². The maximum absolute atomic E-state index is 13.1. The molecule has 0 bridgehead atoms. The van der Waals surface area contributed by atoms with Crippen LogP contribution in [0, 0.1) is 0 Å². The fraction of sp³-hybridized carbons (Fsp3) is 0.440. The van der Waals surface area contributed by atoms with E-state index in [0.717, 1.165) is 60.5 Å². The van der Waals surface area contributed by atoms with Crippen LogP contribution in [-0.2, 0) is 13.0 Å². The average molecular weight is 406 g/mol. The Balaban J connectivity index is 1.49. The summed E-state index contributed by atoms with van der Waals surface area (Å²) in [5, 5.41) is 4.00. The number of nitrogens with one attached hydrogen (secondary N) is 1. The van der Waals surface area contributed by atoms with Crippen LogP contribution in [0.1, 0.15) is 67.1 Å². The first-order valence-electron chi connectivity index (χ1n) is 11.2. The van der Waals surface area contributed by atoms with Crippen LogP contribution >= 0.6 is 0 Å². The number of pyridine rings is 1. The minimum Gasteiger partial charge on any atom is -0.460 e. The molecule has 5 nitrogen and oxygen atoms in total. The summed E-state index contributed by atoms with van der Waals surface area (Å²) in [4.78, 5) is 20.0. The number of unbranched alkanes of at least 4 members (excludes halogenated alkanes) is 1. The molecule has 158 valence electrons. The maximum atomic E-state index is 13.1. The number of carbonyl (C=O) groups is 1. The zero-order valence-corrected chi connectivity index (χ0v) is 17.8. The molecule has 0 atom stereocenters. The molecule has 3 heterocycles. The lowest BCUT2D eigenvalue weighted by Gasteiger charge is -2.21. The molecule has 0 aliphatic carbocycles. The molecule has 1 N–H and O–H groups in total. The summed E-state index contributed by atoms with van der Waals surface area (Å²) in [6.45, 7) is 4.75. The third-order valence-corrected chi connectivity index (χ3v) is 5.85. The molecular weight excluding hydrogens is 374 g/mol. The second kappa shape index (κ2) is 9.79. The molecule has 1 saturated heterocycles. The quantitative estimate of drug-likeness (QED) is 0.565. The van der Waals surface area contributed by atoms with E-state index in [1.165, 1.54) is 25.7 Å². The molecule has 4 rings (SSSR count). The molecule has 0 spiro atoms. The number of hydrogen-bond acceptors (Lipinski definition) is 4. The fourth-order valence-corrected chi connectivity index (χ4v) is 4.17. The SMILES string of the molecule is CCCCc1oc2ccccc2c1C(=O)NCc1ccnc(N2CCCCCC2)c1. The number of aromatic nitrogens is 1. The first-order chi connectivity index (χ1) is 14.8. The van der Waals surface area contributed by atoms with E-state index >= 15 is 0 Å². The Morgan fingerprint density at radius 3 is 2.73 bits per heavy atom. The van der Waals surface area contributed by atoms with Gasteiger partial charge in [-0.25, -0.2) is 4.98 Å². The van der Waals surface area contributed by atoms with Gasteiger partial charge in [-0.15, -0.1) is 0 Å². The minimum atomic E-state index is -0.0702. The molecule has 2 aromatic heterocycles. The number of hydrogen-bond donors (Lipinski definition) is 1.